The zero-order valence-corrected chi connectivity index (χ0v) is 11.2. The fraction of sp³-hybridized carbons (Fsp3) is 0.143. The van der Waals surface area contributed by atoms with Gasteiger partial charge in [-0.3, -0.25) is 0 Å². The van der Waals surface area contributed by atoms with Crippen molar-refractivity contribution in [2.24, 2.45) is 0 Å². The van der Waals surface area contributed by atoms with E-state index >= 15 is 0 Å². The Morgan fingerprint density at radius 3 is 2.60 bits per heavy atom. The third kappa shape index (κ3) is 3.25. The quantitative estimate of drug-likeness (QED) is 0.210. The van der Waals surface area contributed by atoms with Gasteiger partial charge in [-0.15, -0.1) is 0 Å². The average Bonchev–Trinajstić information content (AvgIpc) is 2.15. The van der Waals surface area contributed by atoms with Crippen molar-refractivity contribution in [3.8, 4) is 0 Å². The van der Waals surface area contributed by atoms with Gasteiger partial charge in [-0.25, -0.2) is 0 Å². The van der Waals surface area contributed by atoms with E-state index in [0.29, 0.717) is 0 Å². The molecule has 1 rings (SSSR count). The Morgan fingerprint density at radius 1 is 1.53 bits per heavy atom. The fourth-order valence-electron chi connectivity index (χ4n) is 0.922. The van der Waals surface area contributed by atoms with Gasteiger partial charge in [-0.1, -0.05) is 0 Å². The molecule has 1 atom stereocenters. The predicted octanol–water partition coefficient (Wildman–Crippen LogP) is -2.60. The summed E-state index contributed by atoms with van der Waals surface area (Å²) in [5, 5.41) is 11.3. The fourth-order valence-corrected chi connectivity index (χ4v) is 2.80. The molecule has 0 aliphatic rings. The summed E-state index contributed by atoms with van der Waals surface area (Å²) in [4.78, 5) is 1.09. The van der Waals surface area contributed by atoms with E-state index < -0.39 is 41.2 Å². The number of hydrogen-bond acceptors (Lipinski definition) is 3. The summed E-state index contributed by atoms with van der Waals surface area (Å²) in [6, 6.07) is 3.16. The van der Waals surface area contributed by atoms with Gasteiger partial charge < -0.3 is 0 Å². The third-order valence-electron chi connectivity index (χ3n) is 1.59. The van der Waals surface area contributed by atoms with E-state index in [-0.39, 0.29) is 8.96 Å². The molecule has 1 aromatic carbocycles. The third-order valence-corrected chi connectivity index (χ3v) is 4.53. The van der Waals surface area contributed by atoms with E-state index in [2.05, 4.69) is 0 Å². The van der Waals surface area contributed by atoms with E-state index in [1.54, 1.807) is 4.93 Å². The number of nitrogens with one attached hydrogen (secondary N) is 1. The van der Waals surface area contributed by atoms with Gasteiger partial charge in [-0.2, -0.15) is 0 Å². The van der Waals surface area contributed by atoms with Crippen LogP contribution in [-0.2, 0) is 9.05 Å². The van der Waals surface area contributed by atoms with Crippen LogP contribution in [0.2, 0.25) is 0 Å². The number of hydrogen-bond donors (Lipinski definition) is 1. The van der Waals surface area contributed by atoms with Gasteiger partial charge in [-0.05, 0) is 0 Å². The van der Waals surface area contributed by atoms with Crippen LogP contribution in [0.15, 0.2) is 23.1 Å². The normalized spacial score (nSPS) is 14.1. The minimum absolute atomic E-state index is 0.157. The molecule has 0 radical (unpaired) electrons. The van der Waals surface area contributed by atoms with Gasteiger partial charge in [0, 0.05) is 0 Å². The van der Waals surface area contributed by atoms with Gasteiger partial charge >= 0.3 is 102 Å². The van der Waals surface area contributed by atoms with Gasteiger partial charge in [0.15, 0.2) is 0 Å². The first kappa shape index (κ1) is 13.1. The molecule has 4 nitrogen and oxygen atoms in total. The Bertz CT molecular complexity index is 467. The van der Waals surface area contributed by atoms with Gasteiger partial charge in [0.1, 0.15) is 0 Å². The summed E-state index contributed by atoms with van der Waals surface area (Å²) < 4.78 is 34.8. The van der Waals surface area contributed by atoms with Crippen LogP contribution in [0.4, 0.5) is 10.1 Å². The van der Waals surface area contributed by atoms with Crippen molar-refractivity contribution in [2.75, 3.05) is 4.93 Å². The molecule has 0 aliphatic heterocycles. The molecule has 0 amide bonds. The standard InChI is InChI=1S/C7H7ClFINO3S/c1-10-11(12)5-2-3-6(9)7(4-5)15(8,13)14/h2-4,11H,1H3/q-1. The Morgan fingerprint density at radius 2 is 2.13 bits per heavy atom. The number of quaternary nitrogens is 1. The average molecular weight is 367 g/mol. The summed E-state index contributed by atoms with van der Waals surface area (Å²) >= 11 is -0.693. The second-order valence-electron chi connectivity index (χ2n) is 2.55. The molecule has 1 aromatic rings. The summed E-state index contributed by atoms with van der Waals surface area (Å²) in [6.45, 7) is 0. The molecule has 0 heterocycles. The van der Waals surface area contributed by atoms with E-state index in [1.807, 2.05) is 0 Å². The first-order valence-corrected chi connectivity index (χ1v) is 9.19. The molecule has 0 saturated carbocycles. The van der Waals surface area contributed by atoms with Gasteiger partial charge in [0.2, 0.25) is 0 Å². The Balaban J connectivity index is 3.29. The van der Waals surface area contributed by atoms with Crippen LogP contribution in [-0.4, -0.2) is 13.3 Å². The molecule has 8 heteroatoms. The Labute approximate surface area is 102 Å². The van der Waals surface area contributed by atoms with Gasteiger partial charge in [0.25, 0.3) is 0 Å². The summed E-state index contributed by atoms with van der Waals surface area (Å²) in [5.41, 5.74) is 0.186. The maximum absolute atomic E-state index is 13.1. The Kier molecular flexibility index (Phi) is 4.29. The second kappa shape index (κ2) is 4.91. The van der Waals surface area contributed by atoms with Crippen LogP contribution >= 0.6 is 10.7 Å². The molecule has 0 spiro atoms. The molecule has 15 heavy (non-hydrogen) atoms. The van der Waals surface area contributed by atoms with Crippen LogP contribution < -0.4 is 24.8 Å². The first-order chi connectivity index (χ1) is 6.86. The van der Waals surface area contributed by atoms with Crippen LogP contribution in [0, 0.1) is 11.0 Å². The van der Waals surface area contributed by atoms with Crippen molar-refractivity contribution in [3.05, 3.63) is 29.2 Å². The first-order valence-electron chi connectivity index (χ1n) is 3.64. The van der Waals surface area contributed by atoms with Crippen molar-refractivity contribution in [1.29, 1.82) is 0 Å². The molecule has 0 bridgehead atoms. The molecule has 0 fully saturated rings. The summed E-state index contributed by atoms with van der Waals surface area (Å²) in [7, 11) is 0.873. The van der Waals surface area contributed by atoms with Crippen molar-refractivity contribution < 1.29 is 37.6 Å². The molecular formula is C7H7ClFINO3S-. The summed E-state index contributed by atoms with van der Waals surface area (Å²) in [5.74, 6) is -0.948. The van der Waals surface area contributed by atoms with Crippen molar-refractivity contribution in [1.82, 2.24) is 0 Å². The SMILES string of the molecule is C[I-][NH+]([O-])c1ccc(F)c(S(=O)(=O)Cl)c1. The van der Waals surface area contributed by atoms with Crippen molar-refractivity contribution >= 4 is 25.4 Å². The number of rotatable bonds is 3. The molecule has 1 unspecified atom stereocenters. The Hall–Kier alpha value is 0.0400. The molecule has 1 N–H and O–H groups in total. The second-order valence-corrected chi connectivity index (χ2v) is 7.14. The minimum atomic E-state index is -4.14. The predicted molar refractivity (Wildman–Crippen MR) is 49.4 cm³/mol. The van der Waals surface area contributed by atoms with E-state index in [9.17, 15) is 18.0 Å². The van der Waals surface area contributed by atoms with E-state index in [0.717, 1.165) is 12.1 Å². The number of benzene rings is 1. The monoisotopic (exact) mass is 366 g/mol. The van der Waals surface area contributed by atoms with Crippen LogP contribution in [0.1, 0.15) is 0 Å². The van der Waals surface area contributed by atoms with Crippen molar-refractivity contribution in [2.45, 2.75) is 4.90 Å². The van der Waals surface area contributed by atoms with E-state index in [1.165, 1.54) is 6.07 Å². The molecule has 86 valence electrons. The van der Waals surface area contributed by atoms with Crippen LogP contribution in [0.5, 0.6) is 0 Å². The summed E-state index contributed by atoms with van der Waals surface area (Å²) in [6.07, 6.45) is 0. The van der Waals surface area contributed by atoms with Crippen molar-refractivity contribution in [3.63, 3.8) is 0 Å². The van der Waals surface area contributed by atoms with Crippen LogP contribution in [0.25, 0.3) is 0 Å². The van der Waals surface area contributed by atoms with Gasteiger partial charge in [0.05, 0.1) is 0 Å². The molecule has 0 aliphatic carbocycles. The zero-order valence-electron chi connectivity index (χ0n) is 7.50. The zero-order chi connectivity index (χ0) is 11.6. The topological polar surface area (TPSA) is 61.6 Å². The number of halogens is 3. The molecular weight excluding hydrogens is 360 g/mol. The molecule has 0 aromatic heterocycles. The van der Waals surface area contributed by atoms with E-state index in [4.69, 9.17) is 10.7 Å². The number of alkyl halides is 1. The molecule has 0 saturated heterocycles. The maximum atomic E-state index is 13.1. The van der Waals surface area contributed by atoms with Crippen LogP contribution in [0.3, 0.4) is 0 Å².